The predicted molar refractivity (Wildman–Crippen MR) is 44.2 cm³/mol. The zero-order valence-electron chi connectivity index (χ0n) is 6.99. The second-order valence-electron chi connectivity index (χ2n) is 2.99. The fraction of sp³-hybridized carbons (Fsp3) is 0.778. The van der Waals surface area contributed by atoms with Gasteiger partial charge in [0.05, 0.1) is 6.26 Å². The normalized spacial score (nSPS) is 28.9. The summed E-state index contributed by atoms with van der Waals surface area (Å²) >= 11 is 0. The molecule has 0 radical (unpaired) electrons. The maximum atomic E-state index is 9.28. The maximum Gasteiger partial charge on any atom is 0.127 e. The molecule has 0 aliphatic carbocycles. The van der Waals surface area contributed by atoms with E-state index in [0.29, 0.717) is 0 Å². The summed E-state index contributed by atoms with van der Waals surface area (Å²) < 4.78 is 5.18. The number of rotatable bonds is 4. The number of unbranched alkanes of at least 4 members (excludes halogenated alkanes) is 2. The average Bonchev–Trinajstić information content (AvgIpc) is 2.37. The van der Waals surface area contributed by atoms with Gasteiger partial charge in [0.15, 0.2) is 0 Å². The topological polar surface area (TPSA) is 29.5 Å². The zero-order valence-corrected chi connectivity index (χ0v) is 6.99. The van der Waals surface area contributed by atoms with Gasteiger partial charge in [-0.3, -0.25) is 0 Å². The summed E-state index contributed by atoms with van der Waals surface area (Å²) in [6.07, 6.45) is 7.54. The van der Waals surface area contributed by atoms with Gasteiger partial charge in [-0.25, -0.2) is 0 Å². The molecule has 0 spiro atoms. The first-order valence-corrected chi connectivity index (χ1v) is 4.34. The molecule has 0 fully saturated rings. The van der Waals surface area contributed by atoms with Crippen LogP contribution < -0.4 is 0 Å². The highest BCUT2D eigenvalue weighted by atomic mass is 16.5. The molecule has 1 aliphatic rings. The van der Waals surface area contributed by atoms with E-state index >= 15 is 0 Å². The monoisotopic (exact) mass is 156 g/mol. The Morgan fingerprint density at radius 1 is 1.45 bits per heavy atom. The van der Waals surface area contributed by atoms with Crippen LogP contribution in [0.5, 0.6) is 0 Å². The van der Waals surface area contributed by atoms with Crippen LogP contribution in [-0.2, 0) is 4.74 Å². The Labute approximate surface area is 67.9 Å². The van der Waals surface area contributed by atoms with Crippen molar-refractivity contribution in [1.29, 1.82) is 0 Å². The van der Waals surface area contributed by atoms with Crippen LogP contribution in [0.15, 0.2) is 12.3 Å². The van der Waals surface area contributed by atoms with Gasteiger partial charge in [-0.2, -0.15) is 0 Å². The van der Waals surface area contributed by atoms with E-state index in [4.69, 9.17) is 4.74 Å². The van der Waals surface area contributed by atoms with Gasteiger partial charge in [0, 0.05) is 0 Å². The Hall–Kier alpha value is -0.500. The molecule has 2 unspecified atom stereocenters. The van der Waals surface area contributed by atoms with Crippen LogP contribution in [0.2, 0.25) is 0 Å². The molecule has 2 heteroatoms. The number of hydrogen-bond donors (Lipinski definition) is 1. The third-order valence-electron chi connectivity index (χ3n) is 2.00. The van der Waals surface area contributed by atoms with Crippen LogP contribution in [0.25, 0.3) is 0 Å². The molecule has 2 atom stereocenters. The summed E-state index contributed by atoms with van der Waals surface area (Å²) in [5.74, 6) is 0. The summed E-state index contributed by atoms with van der Waals surface area (Å²) in [7, 11) is 0. The van der Waals surface area contributed by atoms with E-state index in [1.807, 2.05) is 0 Å². The lowest BCUT2D eigenvalue weighted by atomic mass is 10.1. The van der Waals surface area contributed by atoms with Crippen molar-refractivity contribution in [3.8, 4) is 0 Å². The Kier molecular flexibility index (Phi) is 3.43. The Balaban J connectivity index is 2.08. The van der Waals surface area contributed by atoms with Crippen LogP contribution in [0, 0.1) is 0 Å². The van der Waals surface area contributed by atoms with Crippen LogP contribution >= 0.6 is 0 Å². The van der Waals surface area contributed by atoms with E-state index < -0.39 is 0 Å². The smallest absolute Gasteiger partial charge is 0.127 e. The lowest BCUT2D eigenvalue weighted by molar-refractivity contribution is 0.0559. The third-order valence-corrected chi connectivity index (χ3v) is 2.00. The molecular formula is C9H16O2. The predicted octanol–water partition coefficient (Wildman–Crippen LogP) is 1.84. The molecule has 0 amide bonds. The molecule has 1 heterocycles. The largest absolute Gasteiger partial charge is 0.495 e. The van der Waals surface area contributed by atoms with Gasteiger partial charge < -0.3 is 9.84 Å². The summed E-state index contributed by atoms with van der Waals surface area (Å²) in [5.41, 5.74) is 0. The minimum Gasteiger partial charge on any atom is -0.495 e. The van der Waals surface area contributed by atoms with E-state index in [1.54, 1.807) is 12.3 Å². The van der Waals surface area contributed by atoms with Crippen molar-refractivity contribution in [2.45, 2.75) is 44.8 Å². The first-order valence-electron chi connectivity index (χ1n) is 4.34. The highest BCUT2D eigenvalue weighted by molar-refractivity contribution is 4.95. The number of aliphatic hydroxyl groups is 1. The minimum absolute atomic E-state index is 0.0292. The average molecular weight is 156 g/mol. The molecule has 1 N–H and O–H groups in total. The highest BCUT2D eigenvalue weighted by Gasteiger charge is 2.20. The second kappa shape index (κ2) is 4.39. The Bertz CT molecular complexity index is 132. The molecule has 2 nitrogen and oxygen atoms in total. The molecule has 0 saturated carbocycles. The SMILES string of the molecule is CCCCCC1OC=CC1O. The summed E-state index contributed by atoms with van der Waals surface area (Å²) in [6, 6.07) is 0. The molecule has 64 valence electrons. The fourth-order valence-corrected chi connectivity index (χ4v) is 1.27. The Morgan fingerprint density at radius 2 is 2.27 bits per heavy atom. The van der Waals surface area contributed by atoms with E-state index in [-0.39, 0.29) is 12.2 Å². The van der Waals surface area contributed by atoms with Crippen molar-refractivity contribution >= 4 is 0 Å². The fourth-order valence-electron chi connectivity index (χ4n) is 1.27. The summed E-state index contributed by atoms with van der Waals surface area (Å²) in [4.78, 5) is 0. The van der Waals surface area contributed by atoms with E-state index in [1.165, 1.54) is 12.8 Å². The van der Waals surface area contributed by atoms with E-state index in [9.17, 15) is 5.11 Å². The summed E-state index contributed by atoms with van der Waals surface area (Å²) in [5, 5.41) is 9.28. The molecule has 0 aromatic heterocycles. The van der Waals surface area contributed by atoms with Crippen LogP contribution in [0.1, 0.15) is 32.6 Å². The molecule has 0 aromatic rings. The van der Waals surface area contributed by atoms with Crippen molar-refractivity contribution in [3.05, 3.63) is 12.3 Å². The van der Waals surface area contributed by atoms with E-state index in [2.05, 4.69) is 6.92 Å². The first-order chi connectivity index (χ1) is 5.34. The maximum absolute atomic E-state index is 9.28. The van der Waals surface area contributed by atoms with Crippen LogP contribution in [-0.4, -0.2) is 17.3 Å². The van der Waals surface area contributed by atoms with Crippen molar-refractivity contribution in [2.24, 2.45) is 0 Å². The van der Waals surface area contributed by atoms with Crippen LogP contribution in [0.3, 0.4) is 0 Å². The van der Waals surface area contributed by atoms with Gasteiger partial charge in [-0.05, 0) is 18.9 Å². The molecule has 0 saturated heterocycles. The molecule has 0 aromatic carbocycles. The van der Waals surface area contributed by atoms with Crippen molar-refractivity contribution in [3.63, 3.8) is 0 Å². The quantitative estimate of drug-likeness (QED) is 0.629. The van der Waals surface area contributed by atoms with Gasteiger partial charge in [0.2, 0.25) is 0 Å². The van der Waals surface area contributed by atoms with Crippen molar-refractivity contribution in [2.75, 3.05) is 0 Å². The standard InChI is InChI=1S/C9H16O2/c1-2-3-4-5-9-8(10)6-7-11-9/h6-10H,2-5H2,1H3. The number of ether oxygens (including phenoxy) is 1. The lowest BCUT2D eigenvalue weighted by Gasteiger charge is -2.13. The van der Waals surface area contributed by atoms with Crippen molar-refractivity contribution in [1.82, 2.24) is 0 Å². The van der Waals surface area contributed by atoms with Gasteiger partial charge >= 0.3 is 0 Å². The highest BCUT2D eigenvalue weighted by Crippen LogP contribution is 2.16. The van der Waals surface area contributed by atoms with Gasteiger partial charge in [-0.15, -0.1) is 0 Å². The number of hydrogen-bond acceptors (Lipinski definition) is 2. The van der Waals surface area contributed by atoms with Gasteiger partial charge in [-0.1, -0.05) is 19.8 Å². The third kappa shape index (κ3) is 2.54. The van der Waals surface area contributed by atoms with Gasteiger partial charge in [0.25, 0.3) is 0 Å². The van der Waals surface area contributed by atoms with E-state index in [0.717, 1.165) is 12.8 Å². The first kappa shape index (κ1) is 8.60. The van der Waals surface area contributed by atoms with Crippen molar-refractivity contribution < 1.29 is 9.84 Å². The number of aliphatic hydroxyl groups excluding tert-OH is 1. The zero-order chi connectivity index (χ0) is 8.10. The van der Waals surface area contributed by atoms with Crippen LogP contribution in [0.4, 0.5) is 0 Å². The molecule has 0 bridgehead atoms. The molecule has 11 heavy (non-hydrogen) atoms. The molecular weight excluding hydrogens is 140 g/mol. The van der Waals surface area contributed by atoms with Gasteiger partial charge in [0.1, 0.15) is 12.2 Å². The molecule has 1 aliphatic heterocycles. The lowest BCUT2D eigenvalue weighted by Crippen LogP contribution is -2.20. The Morgan fingerprint density at radius 3 is 2.82 bits per heavy atom. The summed E-state index contributed by atoms with van der Waals surface area (Å²) in [6.45, 7) is 2.17. The minimum atomic E-state index is -0.369. The second-order valence-corrected chi connectivity index (χ2v) is 2.99. The molecule has 1 rings (SSSR count).